The number of nitrogens with zero attached hydrogens (tertiary/aromatic N) is 2. The highest BCUT2D eigenvalue weighted by Gasteiger charge is 2.53. The Morgan fingerprint density at radius 1 is 1.06 bits per heavy atom. The Morgan fingerprint density at radius 2 is 1.77 bits per heavy atom. The van der Waals surface area contributed by atoms with E-state index in [1.54, 1.807) is 49.3 Å². The molecule has 0 unspecified atom stereocenters. The molecule has 0 spiro atoms. The van der Waals surface area contributed by atoms with Gasteiger partial charge >= 0.3 is 5.97 Å². The van der Waals surface area contributed by atoms with Crippen molar-refractivity contribution < 1.29 is 38.5 Å². The molecule has 2 N–H and O–H groups in total. The lowest BCUT2D eigenvalue weighted by atomic mass is 9.91. The summed E-state index contributed by atoms with van der Waals surface area (Å²) in [7, 11) is 3.30. The van der Waals surface area contributed by atoms with Crippen LogP contribution in [0.25, 0.3) is 6.08 Å². The fraction of sp³-hybridized carbons (Fsp3) is 0.622. The van der Waals surface area contributed by atoms with E-state index < -0.39 is 36.1 Å². The van der Waals surface area contributed by atoms with Crippen LogP contribution in [0, 0.1) is 0 Å². The number of amides is 3. The van der Waals surface area contributed by atoms with Gasteiger partial charge in [0, 0.05) is 58.1 Å². The molecule has 11 nitrogen and oxygen atoms in total. The zero-order valence-corrected chi connectivity index (χ0v) is 28.9. The van der Waals surface area contributed by atoms with Gasteiger partial charge in [-0.2, -0.15) is 0 Å². The topological polar surface area (TPSA) is 135 Å². The highest BCUT2D eigenvalue weighted by molar-refractivity contribution is 5.99. The molecular weight excluding hydrogens is 614 g/mol. The lowest BCUT2D eigenvalue weighted by molar-refractivity contribution is -0.190. The third-order valence-corrected chi connectivity index (χ3v) is 9.29. The molecule has 2 fully saturated rings. The van der Waals surface area contributed by atoms with E-state index in [2.05, 4.69) is 19.2 Å². The van der Waals surface area contributed by atoms with Gasteiger partial charge in [-0.25, -0.2) is 4.79 Å². The second kappa shape index (κ2) is 17.7. The van der Waals surface area contributed by atoms with Crippen molar-refractivity contribution in [2.75, 3.05) is 33.8 Å². The van der Waals surface area contributed by atoms with Crippen molar-refractivity contribution in [3.63, 3.8) is 0 Å². The Morgan fingerprint density at radius 3 is 2.44 bits per heavy atom. The summed E-state index contributed by atoms with van der Waals surface area (Å²) in [5.41, 5.74) is 1.24. The third-order valence-electron chi connectivity index (χ3n) is 9.29. The molecule has 0 bridgehead atoms. The number of rotatable bonds is 16. The molecule has 0 radical (unpaired) electrons. The number of aliphatic hydroxyl groups excluding tert-OH is 1. The Labute approximate surface area is 284 Å². The summed E-state index contributed by atoms with van der Waals surface area (Å²) in [6.07, 6.45) is 11.5. The van der Waals surface area contributed by atoms with Crippen molar-refractivity contribution in [2.45, 2.75) is 115 Å². The lowest BCUT2D eigenvalue weighted by Gasteiger charge is -2.33. The molecule has 1 aliphatic carbocycles. The standard InChI is InChI=1S/C37H53N3O8/c1-5-7-11-19-37(20-12-8-6-2)47-31-25-27(35(44)40-22-13-16-29(40)34(43)38-21-23-41)24-30(33(31)48-37)46-36(45)28-15-10-9-14-26(28)17-18-32(42)39(3)4/h9-10,14-15,17-18,25,29-31,33,41H,5-8,11-13,16,19-24H2,1-4H3,(H,38,43)/t29-,30-,31-,33+/m1/s1. The second-order valence-electron chi connectivity index (χ2n) is 13.2. The van der Waals surface area contributed by atoms with E-state index >= 15 is 0 Å². The third kappa shape index (κ3) is 9.33. The van der Waals surface area contributed by atoms with Crippen molar-refractivity contribution in [3.8, 4) is 0 Å². The van der Waals surface area contributed by atoms with Crippen LogP contribution in [-0.4, -0.2) is 103 Å². The number of carbonyl (C=O) groups excluding carboxylic acids is 4. The Kier molecular flexibility index (Phi) is 13.8. The van der Waals surface area contributed by atoms with Gasteiger partial charge in [-0.15, -0.1) is 0 Å². The molecule has 0 aromatic heterocycles. The summed E-state index contributed by atoms with van der Waals surface area (Å²) in [5, 5.41) is 11.9. The summed E-state index contributed by atoms with van der Waals surface area (Å²) in [5.74, 6) is -2.25. The minimum absolute atomic E-state index is 0.105. The fourth-order valence-corrected chi connectivity index (χ4v) is 6.69. The van der Waals surface area contributed by atoms with Gasteiger partial charge in [0.05, 0.1) is 12.2 Å². The summed E-state index contributed by atoms with van der Waals surface area (Å²) in [4.78, 5) is 56.0. The maximum Gasteiger partial charge on any atom is 0.339 e. The molecular formula is C37H53N3O8. The number of likely N-dealkylation sites (tertiary alicyclic amines) is 1. The van der Waals surface area contributed by atoms with Gasteiger partial charge < -0.3 is 34.4 Å². The van der Waals surface area contributed by atoms with Crippen LogP contribution in [0.15, 0.2) is 42.0 Å². The number of likely N-dealkylation sites (N-methyl/N-ethyl adjacent to an activating group) is 1. The molecule has 2 aliphatic heterocycles. The van der Waals surface area contributed by atoms with E-state index in [1.165, 1.54) is 11.0 Å². The van der Waals surface area contributed by atoms with Gasteiger partial charge in [-0.1, -0.05) is 57.7 Å². The van der Waals surface area contributed by atoms with Crippen LogP contribution in [0.2, 0.25) is 0 Å². The minimum atomic E-state index is -0.854. The van der Waals surface area contributed by atoms with E-state index in [1.807, 2.05) is 6.08 Å². The molecule has 1 aromatic rings. The summed E-state index contributed by atoms with van der Waals surface area (Å²) in [6.45, 7) is 4.65. The molecule has 2 saturated heterocycles. The van der Waals surface area contributed by atoms with Gasteiger partial charge in [0.25, 0.3) is 0 Å². The van der Waals surface area contributed by atoms with E-state index in [0.717, 1.165) is 38.5 Å². The zero-order valence-electron chi connectivity index (χ0n) is 28.9. The van der Waals surface area contributed by atoms with E-state index in [0.29, 0.717) is 43.4 Å². The molecule has 0 saturated carbocycles. The maximum absolute atomic E-state index is 14.1. The normalized spacial score (nSPS) is 23.1. The van der Waals surface area contributed by atoms with Crippen LogP contribution < -0.4 is 5.32 Å². The number of unbranched alkanes of at least 4 members (excludes halogenated alkanes) is 4. The number of hydrogen-bond acceptors (Lipinski definition) is 8. The number of ether oxygens (including phenoxy) is 3. The number of nitrogens with one attached hydrogen (secondary N) is 1. The van der Waals surface area contributed by atoms with Crippen molar-refractivity contribution in [2.24, 2.45) is 0 Å². The number of esters is 1. The predicted octanol–water partition coefficient (Wildman–Crippen LogP) is 4.38. The Balaban J connectivity index is 1.64. The summed E-state index contributed by atoms with van der Waals surface area (Å²) >= 11 is 0. The zero-order chi connectivity index (χ0) is 34.7. The van der Waals surface area contributed by atoms with Crippen molar-refractivity contribution in [3.05, 3.63) is 53.1 Å². The largest absolute Gasteiger partial charge is 0.456 e. The number of aliphatic hydroxyl groups is 1. The number of carbonyl (C=O) groups is 4. The smallest absolute Gasteiger partial charge is 0.339 e. The van der Waals surface area contributed by atoms with Gasteiger partial charge in [0.2, 0.25) is 17.7 Å². The maximum atomic E-state index is 14.1. The molecule has 11 heteroatoms. The average Bonchev–Trinajstić information content (AvgIpc) is 3.72. The first-order chi connectivity index (χ1) is 23.1. The minimum Gasteiger partial charge on any atom is -0.456 e. The monoisotopic (exact) mass is 667 g/mol. The van der Waals surface area contributed by atoms with Gasteiger partial charge in [0.1, 0.15) is 24.4 Å². The van der Waals surface area contributed by atoms with E-state index in [4.69, 9.17) is 14.2 Å². The van der Waals surface area contributed by atoms with Gasteiger partial charge in [0.15, 0.2) is 5.79 Å². The quantitative estimate of drug-likeness (QED) is 0.151. The molecule has 1 aromatic carbocycles. The first kappa shape index (κ1) is 37.3. The number of benzene rings is 1. The summed E-state index contributed by atoms with van der Waals surface area (Å²) < 4.78 is 19.7. The molecule has 4 atom stereocenters. The van der Waals surface area contributed by atoms with Crippen LogP contribution in [-0.2, 0) is 28.6 Å². The Bertz CT molecular complexity index is 1330. The van der Waals surface area contributed by atoms with Gasteiger partial charge in [-0.05, 0) is 49.5 Å². The van der Waals surface area contributed by atoms with Crippen LogP contribution in [0.5, 0.6) is 0 Å². The fourth-order valence-electron chi connectivity index (χ4n) is 6.69. The highest BCUT2D eigenvalue weighted by Crippen LogP contribution is 2.43. The van der Waals surface area contributed by atoms with Crippen molar-refractivity contribution in [1.29, 1.82) is 0 Å². The molecule has 2 heterocycles. The molecule has 3 aliphatic rings. The molecule has 264 valence electrons. The van der Waals surface area contributed by atoms with E-state index in [9.17, 15) is 24.3 Å². The van der Waals surface area contributed by atoms with Crippen LogP contribution in [0.4, 0.5) is 0 Å². The summed E-state index contributed by atoms with van der Waals surface area (Å²) in [6, 6.07) is 6.26. The first-order valence-electron chi connectivity index (χ1n) is 17.6. The second-order valence-corrected chi connectivity index (χ2v) is 13.2. The highest BCUT2D eigenvalue weighted by atomic mass is 16.8. The van der Waals surface area contributed by atoms with Crippen LogP contribution >= 0.6 is 0 Å². The predicted molar refractivity (Wildman–Crippen MR) is 182 cm³/mol. The Hall–Kier alpha value is -3.54. The number of hydrogen-bond donors (Lipinski definition) is 2. The lowest BCUT2D eigenvalue weighted by Crippen LogP contribution is -2.49. The first-order valence-corrected chi connectivity index (χ1v) is 17.6. The SMILES string of the molecule is CCCCCC1(CCCCC)O[C@@H]2[C@@H](C=C(C(=O)N3CCC[C@@H]3C(=O)NCCO)C[C@H]2OC(=O)c2ccccc2C=CC(=O)N(C)C)O1. The van der Waals surface area contributed by atoms with Crippen LogP contribution in [0.1, 0.15) is 100 Å². The van der Waals surface area contributed by atoms with Crippen molar-refractivity contribution >= 4 is 29.8 Å². The van der Waals surface area contributed by atoms with Crippen LogP contribution in [0.3, 0.4) is 0 Å². The average molecular weight is 668 g/mol. The number of fused-ring (bicyclic) bond motifs is 1. The van der Waals surface area contributed by atoms with Gasteiger partial charge in [-0.3, -0.25) is 14.4 Å². The molecule has 48 heavy (non-hydrogen) atoms. The van der Waals surface area contributed by atoms with Crippen molar-refractivity contribution in [1.82, 2.24) is 15.1 Å². The molecule has 3 amide bonds. The van der Waals surface area contributed by atoms with E-state index in [-0.39, 0.29) is 42.9 Å². The molecule has 4 rings (SSSR count).